The molecular weight excluding hydrogens is 519 g/mol. The number of halogens is 4. The minimum Gasteiger partial charge on any atom is -0.355 e. The fraction of sp³-hybridized carbons (Fsp3) is 0.417. The van der Waals surface area contributed by atoms with E-state index in [0.717, 1.165) is 34.3 Å². The zero-order valence-electron chi connectivity index (χ0n) is 20.2. The predicted molar refractivity (Wildman–Crippen MR) is 133 cm³/mol. The van der Waals surface area contributed by atoms with E-state index in [0.29, 0.717) is 11.6 Å². The second kappa shape index (κ2) is 12.4. The van der Waals surface area contributed by atoms with Crippen molar-refractivity contribution in [1.82, 2.24) is 10.2 Å². The highest BCUT2D eigenvalue weighted by Gasteiger charge is 2.32. The molecule has 12 heteroatoms. The molecule has 0 heterocycles. The average Bonchev–Trinajstić information content (AvgIpc) is 2.79. The van der Waals surface area contributed by atoms with Gasteiger partial charge in [0.15, 0.2) is 0 Å². The molecule has 0 radical (unpaired) electrons. The van der Waals surface area contributed by atoms with Crippen LogP contribution in [0.25, 0.3) is 0 Å². The first kappa shape index (κ1) is 29.4. The molecule has 2 amide bonds. The minimum absolute atomic E-state index is 0.0292. The smallest absolute Gasteiger partial charge is 0.355 e. The van der Waals surface area contributed by atoms with Crippen molar-refractivity contribution in [3.05, 3.63) is 64.7 Å². The summed E-state index contributed by atoms with van der Waals surface area (Å²) in [5.74, 6) is -0.747. The number of hydrogen-bond acceptors (Lipinski definition) is 4. The molecule has 0 spiro atoms. The van der Waals surface area contributed by atoms with Crippen LogP contribution in [-0.2, 0) is 32.3 Å². The average molecular weight is 548 g/mol. The molecule has 0 aliphatic carbocycles. The molecule has 7 nitrogen and oxygen atoms in total. The topological polar surface area (TPSA) is 86.8 Å². The van der Waals surface area contributed by atoms with Gasteiger partial charge in [-0.15, -0.1) is 0 Å². The lowest BCUT2D eigenvalue weighted by molar-refractivity contribution is -0.140. The molecule has 198 valence electrons. The maximum absolute atomic E-state index is 13.1. The highest BCUT2D eigenvalue weighted by molar-refractivity contribution is 7.92. The normalized spacial score (nSPS) is 12.6. The van der Waals surface area contributed by atoms with Gasteiger partial charge in [-0.2, -0.15) is 13.2 Å². The quantitative estimate of drug-likeness (QED) is 0.450. The van der Waals surface area contributed by atoms with Gasteiger partial charge in [-0.3, -0.25) is 13.9 Å². The van der Waals surface area contributed by atoms with E-state index < -0.39 is 33.7 Å². The maximum atomic E-state index is 13.1. The van der Waals surface area contributed by atoms with Crippen LogP contribution in [0.15, 0.2) is 48.5 Å². The minimum atomic E-state index is -4.63. The zero-order valence-corrected chi connectivity index (χ0v) is 21.8. The molecule has 0 aliphatic heterocycles. The largest absolute Gasteiger partial charge is 0.416 e. The second-order valence-electron chi connectivity index (χ2n) is 8.21. The maximum Gasteiger partial charge on any atom is 0.416 e. The molecule has 0 fully saturated rings. The number of amides is 2. The summed E-state index contributed by atoms with van der Waals surface area (Å²) in [4.78, 5) is 26.9. The summed E-state index contributed by atoms with van der Waals surface area (Å²) >= 11 is 5.92. The molecular formula is C24H29ClF3N3O4S. The number of hydrogen-bond donors (Lipinski definition) is 1. The first-order valence-electron chi connectivity index (χ1n) is 11.2. The van der Waals surface area contributed by atoms with Crippen molar-refractivity contribution in [3.63, 3.8) is 0 Å². The van der Waals surface area contributed by atoms with Gasteiger partial charge < -0.3 is 10.2 Å². The van der Waals surface area contributed by atoms with Crippen LogP contribution in [0.1, 0.15) is 37.8 Å². The highest BCUT2D eigenvalue weighted by Crippen LogP contribution is 2.32. The molecule has 0 saturated heterocycles. The lowest BCUT2D eigenvalue weighted by Gasteiger charge is -2.29. The third-order valence-electron chi connectivity index (χ3n) is 5.40. The molecule has 2 aromatic rings. The van der Waals surface area contributed by atoms with Gasteiger partial charge in [0.25, 0.3) is 0 Å². The molecule has 0 aromatic heterocycles. The monoisotopic (exact) mass is 547 g/mol. The Morgan fingerprint density at radius 2 is 1.75 bits per heavy atom. The van der Waals surface area contributed by atoms with E-state index in [1.165, 1.54) is 11.0 Å². The van der Waals surface area contributed by atoms with Crippen LogP contribution in [0.4, 0.5) is 18.9 Å². The first-order valence-corrected chi connectivity index (χ1v) is 13.4. The molecule has 0 bridgehead atoms. The number of carbonyl (C=O) groups excluding carboxylic acids is 2. The van der Waals surface area contributed by atoms with E-state index in [4.69, 9.17) is 11.6 Å². The van der Waals surface area contributed by atoms with Crippen molar-refractivity contribution in [1.29, 1.82) is 0 Å². The zero-order chi connectivity index (χ0) is 27.1. The van der Waals surface area contributed by atoms with Crippen molar-refractivity contribution in [3.8, 4) is 0 Å². The van der Waals surface area contributed by atoms with Gasteiger partial charge in [-0.05, 0) is 56.2 Å². The van der Waals surface area contributed by atoms with Crippen LogP contribution in [0.2, 0.25) is 5.02 Å². The lowest BCUT2D eigenvalue weighted by atomic mass is 10.1. The second-order valence-corrected chi connectivity index (χ2v) is 10.5. The molecule has 2 aromatic carbocycles. The van der Waals surface area contributed by atoms with E-state index in [2.05, 4.69) is 5.32 Å². The summed E-state index contributed by atoms with van der Waals surface area (Å²) < 4.78 is 64.8. The van der Waals surface area contributed by atoms with Crippen molar-refractivity contribution < 1.29 is 31.2 Å². The SMILES string of the molecule is CCNC(=O)[C@@H](C)N(Cc1ccc(Cl)cc1)C(=O)CCCN(c1cccc(C(F)(F)F)c1)S(C)(=O)=O. The van der Waals surface area contributed by atoms with Crippen LogP contribution >= 0.6 is 11.6 Å². The Morgan fingerprint density at radius 3 is 2.31 bits per heavy atom. The van der Waals surface area contributed by atoms with Crippen molar-refractivity contribution in [2.24, 2.45) is 0 Å². The summed E-state index contributed by atoms with van der Waals surface area (Å²) in [5.41, 5.74) is -0.381. The van der Waals surface area contributed by atoms with E-state index in [-0.39, 0.29) is 37.5 Å². The summed E-state index contributed by atoms with van der Waals surface area (Å²) in [7, 11) is -3.92. The Bertz CT molecular complexity index is 1160. The Hall–Kier alpha value is -2.79. The molecule has 36 heavy (non-hydrogen) atoms. The lowest BCUT2D eigenvalue weighted by Crippen LogP contribution is -2.47. The highest BCUT2D eigenvalue weighted by atomic mass is 35.5. The van der Waals surface area contributed by atoms with Crippen molar-refractivity contribution in [2.75, 3.05) is 23.7 Å². The van der Waals surface area contributed by atoms with E-state index in [1.54, 1.807) is 38.1 Å². The van der Waals surface area contributed by atoms with Crippen molar-refractivity contribution in [2.45, 2.75) is 45.5 Å². The number of nitrogens with one attached hydrogen (secondary N) is 1. The summed E-state index contributed by atoms with van der Waals surface area (Å²) in [6, 6.07) is 9.98. The van der Waals surface area contributed by atoms with Gasteiger partial charge in [-0.1, -0.05) is 29.8 Å². The number of nitrogens with zero attached hydrogens (tertiary/aromatic N) is 2. The van der Waals surface area contributed by atoms with Gasteiger partial charge >= 0.3 is 6.18 Å². The van der Waals surface area contributed by atoms with E-state index >= 15 is 0 Å². The number of anilines is 1. The standard InChI is InChI=1S/C24H29ClF3N3O4S/c1-4-29-23(33)17(2)30(16-18-10-12-20(25)13-11-18)22(32)9-6-14-31(36(3,34)35)21-8-5-7-19(15-21)24(26,27)28/h5,7-8,10-13,15,17H,4,6,9,14,16H2,1-3H3,(H,29,33)/t17-/m1/s1. The van der Waals surface area contributed by atoms with Crippen LogP contribution in [0, 0.1) is 0 Å². The molecule has 1 N–H and O–H groups in total. The molecule has 0 saturated carbocycles. The Kier molecular flexibility index (Phi) is 10.2. The van der Waals surface area contributed by atoms with Crippen LogP contribution < -0.4 is 9.62 Å². The van der Waals surface area contributed by atoms with Gasteiger partial charge in [0.1, 0.15) is 6.04 Å². The number of sulfonamides is 1. The van der Waals surface area contributed by atoms with Gasteiger partial charge in [-0.25, -0.2) is 8.42 Å². The van der Waals surface area contributed by atoms with Crippen LogP contribution in [0.5, 0.6) is 0 Å². The third-order valence-corrected chi connectivity index (χ3v) is 6.84. The summed E-state index contributed by atoms with van der Waals surface area (Å²) in [5, 5.41) is 3.19. The van der Waals surface area contributed by atoms with Gasteiger partial charge in [0, 0.05) is 31.1 Å². The fourth-order valence-corrected chi connectivity index (χ4v) is 4.62. The Morgan fingerprint density at radius 1 is 1.11 bits per heavy atom. The van der Waals surface area contributed by atoms with E-state index in [1.807, 2.05) is 0 Å². The number of carbonyl (C=O) groups is 2. The molecule has 0 aliphatic rings. The third kappa shape index (κ3) is 8.41. The Labute approximate surface area is 214 Å². The molecule has 2 rings (SSSR count). The fourth-order valence-electron chi connectivity index (χ4n) is 3.53. The summed E-state index contributed by atoms with van der Waals surface area (Å²) in [6.45, 7) is 3.63. The molecule has 0 unspecified atom stereocenters. The predicted octanol–water partition coefficient (Wildman–Crippen LogP) is 4.46. The van der Waals surface area contributed by atoms with Gasteiger partial charge in [0.2, 0.25) is 21.8 Å². The Balaban J connectivity index is 2.19. The van der Waals surface area contributed by atoms with Crippen LogP contribution in [-0.4, -0.2) is 50.5 Å². The number of likely N-dealkylation sites (N-methyl/N-ethyl adjacent to an activating group) is 1. The first-order chi connectivity index (χ1) is 16.7. The summed E-state index contributed by atoms with van der Waals surface area (Å²) in [6.07, 6.45) is -3.84. The van der Waals surface area contributed by atoms with Crippen molar-refractivity contribution >= 4 is 39.1 Å². The number of rotatable bonds is 11. The number of benzene rings is 2. The van der Waals surface area contributed by atoms with Gasteiger partial charge in [0.05, 0.1) is 17.5 Å². The van der Waals surface area contributed by atoms with Crippen LogP contribution in [0.3, 0.4) is 0 Å². The number of alkyl halides is 3. The van der Waals surface area contributed by atoms with E-state index in [9.17, 15) is 31.2 Å². The molecule has 1 atom stereocenters.